The summed E-state index contributed by atoms with van der Waals surface area (Å²) in [6.07, 6.45) is 0. The van der Waals surface area contributed by atoms with Gasteiger partial charge in [-0.05, 0) is 51.0 Å². The number of benzene rings is 2. The van der Waals surface area contributed by atoms with Crippen molar-refractivity contribution in [3.05, 3.63) is 65.0 Å². The number of aryl methyl sites for hydroxylation is 3. The second-order valence-electron chi connectivity index (χ2n) is 8.71. The lowest BCUT2D eigenvalue weighted by Crippen LogP contribution is -2.49. The van der Waals surface area contributed by atoms with E-state index in [1.54, 1.807) is 4.31 Å². The van der Waals surface area contributed by atoms with Crippen molar-refractivity contribution < 1.29 is 8.42 Å². The molecule has 0 spiro atoms. The first-order valence-electron chi connectivity index (χ1n) is 11.3. The fourth-order valence-corrected chi connectivity index (χ4v) is 6.33. The SMILES string of the molecule is Cc1cc(C)c(S(=O)(=O)N2CCN([C@H](C)c3nc(N)nc(Nc4ccccc4)n3)CC2)c(C)c1. The maximum Gasteiger partial charge on any atom is 0.243 e. The third-order valence-electron chi connectivity index (χ3n) is 6.10. The third kappa shape index (κ3) is 5.03. The minimum atomic E-state index is -3.57. The van der Waals surface area contributed by atoms with Crippen molar-refractivity contribution in [3.8, 4) is 0 Å². The number of nitrogens with one attached hydrogen (secondary N) is 1. The zero-order valence-corrected chi connectivity index (χ0v) is 20.8. The Bertz CT molecular complexity index is 1250. The first-order chi connectivity index (χ1) is 16.1. The number of hydrogen-bond donors (Lipinski definition) is 2. The van der Waals surface area contributed by atoms with Gasteiger partial charge in [0.25, 0.3) is 0 Å². The molecule has 0 aliphatic carbocycles. The normalized spacial score (nSPS) is 16.4. The minimum Gasteiger partial charge on any atom is -0.368 e. The standard InChI is InChI=1S/C24H31N7O2S/c1-16-14-17(2)21(18(3)15-16)34(32,33)31-12-10-30(11-13-31)19(4)22-27-23(25)29-24(28-22)26-20-8-6-5-7-9-20/h5-9,14-15,19H,10-13H2,1-4H3,(H3,25,26,27,28,29)/t19-/m1/s1. The Labute approximate surface area is 201 Å². The van der Waals surface area contributed by atoms with Crippen LogP contribution in [0.4, 0.5) is 17.6 Å². The molecule has 0 unspecified atom stereocenters. The van der Waals surface area contributed by atoms with Gasteiger partial charge < -0.3 is 11.1 Å². The third-order valence-corrected chi connectivity index (χ3v) is 8.30. The van der Waals surface area contributed by atoms with Crippen molar-refractivity contribution in [3.63, 3.8) is 0 Å². The summed E-state index contributed by atoms with van der Waals surface area (Å²) in [5.41, 5.74) is 9.44. The van der Waals surface area contributed by atoms with E-state index in [1.165, 1.54) is 0 Å². The predicted octanol–water partition coefficient (Wildman–Crippen LogP) is 3.19. The molecule has 1 aromatic heterocycles. The van der Waals surface area contributed by atoms with E-state index in [2.05, 4.69) is 25.2 Å². The highest BCUT2D eigenvalue weighted by molar-refractivity contribution is 7.89. The van der Waals surface area contributed by atoms with E-state index in [4.69, 9.17) is 5.73 Å². The predicted molar refractivity (Wildman–Crippen MR) is 133 cm³/mol. The van der Waals surface area contributed by atoms with E-state index in [0.717, 1.165) is 22.4 Å². The maximum atomic E-state index is 13.4. The number of sulfonamides is 1. The van der Waals surface area contributed by atoms with Crippen molar-refractivity contribution in [1.29, 1.82) is 0 Å². The Morgan fingerprint density at radius 2 is 1.56 bits per heavy atom. The average Bonchev–Trinajstić information content (AvgIpc) is 2.78. The number of hydrogen-bond acceptors (Lipinski definition) is 8. The van der Waals surface area contributed by atoms with Crippen LogP contribution in [0, 0.1) is 20.8 Å². The summed E-state index contributed by atoms with van der Waals surface area (Å²) in [6.45, 7) is 9.62. The smallest absolute Gasteiger partial charge is 0.243 e. The Kier molecular flexibility index (Phi) is 6.83. The molecule has 1 aliphatic heterocycles. The number of para-hydroxylation sites is 1. The first-order valence-corrected chi connectivity index (χ1v) is 12.7. The van der Waals surface area contributed by atoms with Gasteiger partial charge in [0, 0.05) is 31.9 Å². The molecule has 9 nitrogen and oxygen atoms in total. The lowest BCUT2D eigenvalue weighted by atomic mass is 10.1. The van der Waals surface area contributed by atoms with Gasteiger partial charge in [-0.15, -0.1) is 0 Å². The van der Waals surface area contributed by atoms with Crippen LogP contribution < -0.4 is 11.1 Å². The Morgan fingerprint density at radius 3 is 2.18 bits per heavy atom. The molecule has 0 saturated carbocycles. The van der Waals surface area contributed by atoms with Crippen LogP contribution >= 0.6 is 0 Å². The molecule has 3 N–H and O–H groups in total. The van der Waals surface area contributed by atoms with Crippen LogP contribution in [0.5, 0.6) is 0 Å². The summed E-state index contributed by atoms with van der Waals surface area (Å²) in [5, 5.41) is 3.15. The van der Waals surface area contributed by atoms with E-state index in [0.29, 0.717) is 42.8 Å². The Hall–Kier alpha value is -3.08. The maximum absolute atomic E-state index is 13.4. The number of piperazine rings is 1. The lowest BCUT2D eigenvalue weighted by Gasteiger charge is -2.37. The lowest BCUT2D eigenvalue weighted by molar-refractivity contribution is 0.141. The average molecular weight is 482 g/mol. The van der Waals surface area contributed by atoms with Gasteiger partial charge in [-0.3, -0.25) is 4.90 Å². The van der Waals surface area contributed by atoms with Crippen LogP contribution in [-0.4, -0.2) is 58.8 Å². The molecule has 4 rings (SSSR count). The van der Waals surface area contributed by atoms with Crippen LogP contribution in [0.15, 0.2) is 47.4 Å². The van der Waals surface area contributed by atoms with Crippen LogP contribution in [0.3, 0.4) is 0 Å². The van der Waals surface area contributed by atoms with Crippen molar-refractivity contribution in [2.24, 2.45) is 0 Å². The summed E-state index contributed by atoms with van der Waals surface area (Å²) in [5.74, 6) is 1.07. The van der Waals surface area contributed by atoms with E-state index >= 15 is 0 Å². The summed E-state index contributed by atoms with van der Waals surface area (Å²) in [6, 6.07) is 13.3. The molecule has 1 saturated heterocycles. The second kappa shape index (κ2) is 9.65. The zero-order chi connectivity index (χ0) is 24.5. The molecule has 1 aliphatic rings. The highest BCUT2D eigenvalue weighted by atomic mass is 32.2. The number of rotatable bonds is 6. The first kappa shape index (κ1) is 24.1. The van der Waals surface area contributed by atoms with Gasteiger partial charge in [0.05, 0.1) is 10.9 Å². The van der Waals surface area contributed by atoms with Gasteiger partial charge in [-0.2, -0.15) is 19.3 Å². The summed E-state index contributed by atoms with van der Waals surface area (Å²) in [4.78, 5) is 15.7. The largest absolute Gasteiger partial charge is 0.368 e. The van der Waals surface area contributed by atoms with Gasteiger partial charge >= 0.3 is 0 Å². The molecule has 0 radical (unpaired) electrons. The van der Waals surface area contributed by atoms with Gasteiger partial charge in [0.15, 0.2) is 5.82 Å². The van der Waals surface area contributed by atoms with Crippen molar-refractivity contribution >= 4 is 27.6 Å². The minimum absolute atomic E-state index is 0.141. The quantitative estimate of drug-likeness (QED) is 0.551. The van der Waals surface area contributed by atoms with Crippen molar-refractivity contribution in [2.75, 3.05) is 37.2 Å². The molecule has 0 bridgehead atoms. The van der Waals surface area contributed by atoms with E-state index in [9.17, 15) is 8.42 Å². The molecule has 0 amide bonds. The van der Waals surface area contributed by atoms with Crippen LogP contribution in [0.2, 0.25) is 0 Å². The zero-order valence-electron chi connectivity index (χ0n) is 20.0. The number of nitrogen functional groups attached to an aromatic ring is 1. The highest BCUT2D eigenvalue weighted by Gasteiger charge is 2.33. The van der Waals surface area contributed by atoms with Crippen molar-refractivity contribution in [2.45, 2.75) is 38.6 Å². The number of nitrogens with two attached hydrogens (primary N) is 1. The molecule has 1 atom stereocenters. The van der Waals surface area contributed by atoms with Crippen LogP contribution in [0.25, 0.3) is 0 Å². The number of aromatic nitrogens is 3. The number of nitrogens with zero attached hydrogens (tertiary/aromatic N) is 5. The summed E-state index contributed by atoms with van der Waals surface area (Å²) < 4.78 is 28.4. The molecule has 3 aromatic rings. The molecule has 2 aromatic carbocycles. The molecule has 180 valence electrons. The summed E-state index contributed by atoms with van der Waals surface area (Å²) >= 11 is 0. The topological polar surface area (TPSA) is 117 Å². The van der Waals surface area contributed by atoms with E-state index < -0.39 is 10.0 Å². The van der Waals surface area contributed by atoms with Crippen LogP contribution in [-0.2, 0) is 10.0 Å². The molecule has 1 fully saturated rings. The highest BCUT2D eigenvalue weighted by Crippen LogP contribution is 2.28. The van der Waals surface area contributed by atoms with E-state index in [1.807, 2.05) is 70.2 Å². The molecular weight excluding hydrogens is 450 g/mol. The van der Waals surface area contributed by atoms with Gasteiger partial charge in [-0.25, -0.2) is 8.42 Å². The van der Waals surface area contributed by atoms with E-state index in [-0.39, 0.29) is 12.0 Å². The molecule has 10 heteroatoms. The Balaban J connectivity index is 1.47. The monoisotopic (exact) mass is 481 g/mol. The van der Waals surface area contributed by atoms with Crippen molar-refractivity contribution in [1.82, 2.24) is 24.2 Å². The molecule has 2 heterocycles. The van der Waals surface area contributed by atoms with Gasteiger partial charge in [-0.1, -0.05) is 35.9 Å². The molecular formula is C24H31N7O2S. The van der Waals surface area contributed by atoms with Gasteiger partial charge in [0.1, 0.15) is 0 Å². The van der Waals surface area contributed by atoms with Gasteiger partial charge in [0.2, 0.25) is 21.9 Å². The number of anilines is 3. The molecule has 34 heavy (non-hydrogen) atoms. The Morgan fingerprint density at radius 1 is 0.941 bits per heavy atom. The summed E-state index contributed by atoms with van der Waals surface area (Å²) in [7, 11) is -3.57. The fourth-order valence-electron chi connectivity index (χ4n) is 4.50. The van der Waals surface area contributed by atoms with Crippen LogP contribution in [0.1, 0.15) is 35.5 Å². The fraction of sp³-hybridized carbons (Fsp3) is 0.375. The second-order valence-corrected chi connectivity index (χ2v) is 10.6.